The first-order chi connectivity index (χ1) is 12.8. The lowest BCUT2D eigenvalue weighted by Crippen LogP contribution is -2.40. The Bertz CT molecular complexity index is 897. The third-order valence-corrected chi connectivity index (χ3v) is 4.76. The van der Waals surface area contributed by atoms with Crippen LogP contribution in [0.2, 0.25) is 0 Å². The van der Waals surface area contributed by atoms with E-state index >= 15 is 0 Å². The van der Waals surface area contributed by atoms with Gasteiger partial charge in [-0.25, -0.2) is 15.0 Å². The van der Waals surface area contributed by atoms with Crippen LogP contribution in [0.4, 0.5) is 5.82 Å². The number of aromatic amines is 1. The third kappa shape index (κ3) is 3.11. The summed E-state index contributed by atoms with van der Waals surface area (Å²) in [5.41, 5.74) is 1.31. The number of rotatable bonds is 5. The maximum atomic E-state index is 12.6. The van der Waals surface area contributed by atoms with Crippen molar-refractivity contribution in [2.24, 2.45) is 0 Å². The van der Waals surface area contributed by atoms with Crippen LogP contribution in [0.25, 0.3) is 11.0 Å². The van der Waals surface area contributed by atoms with Gasteiger partial charge in [0, 0.05) is 44.2 Å². The van der Waals surface area contributed by atoms with Gasteiger partial charge < -0.3 is 19.9 Å². The summed E-state index contributed by atoms with van der Waals surface area (Å²) in [6.07, 6.45) is 7.59. The Kier molecular flexibility index (Phi) is 4.49. The number of hydrogen-bond donors (Lipinski definition) is 2. The van der Waals surface area contributed by atoms with Crippen LogP contribution in [0.1, 0.15) is 16.8 Å². The molecule has 0 spiro atoms. The summed E-state index contributed by atoms with van der Waals surface area (Å²) in [7, 11) is 1.71. The molecule has 8 nitrogen and oxygen atoms in total. The molecule has 1 amide bonds. The van der Waals surface area contributed by atoms with Gasteiger partial charge in [0.25, 0.3) is 5.91 Å². The summed E-state index contributed by atoms with van der Waals surface area (Å²) in [5, 5.41) is 3.85. The summed E-state index contributed by atoms with van der Waals surface area (Å²) in [6, 6.07) is 5.70. The van der Waals surface area contributed by atoms with E-state index in [0.29, 0.717) is 17.8 Å². The highest BCUT2D eigenvalue weighted by Crippen LogP contribution is 2.25. The van der Waals surface area contributed by atoms with Crippen molar-refractivity contribution < 1.29 is 9.53 Å². The molecule has 0 bridgehead atoms. The number of aromatic nitrogens is 4. The fourth-order valence-electron chi connectivity index (χ4n) is 3.42. The molecule has 3 aromatic rings. The van der Waals surface area contributed by atoms with Crippen molar-refractivity contribution in [3.63, 3.8) is 0 Å². The Balaban J connectivity index is 1.48. The number of carbonyl (C=O) groups excluding carboxylic acids is 1. The van der Waals surface area contributed by atoms with Gasteiger partial charge in [0.05, 0.1) is 17.7 Å². The average Bonchev–Trinajstić information content (AvgIpc) is 3.31. The summed E-state index contributed by atoms with van der Waals surface area (Å²) in [5.74, 6) is 0.725. The Morgan fingerprint density at radius 2 is 2.31 bits per heavy atom. The number of amides is 1. The zero-order valence-corrected chi connectivity index (χ0v) is 14.4. The van der Waals surface area contributed by atoms with E-state index in [9.17, 15) is 4.79 Å². The second-order valence-corrected chi connectivity index (χ2v) is 6.28. The number of anilines is 1. The van der Waals surface area contributed by atoms with Gasteiger partial charge in [-0.3, -0.25) is 4.79 Å². The Hall–Kier alpha value is -3.00. The molecule has 26 heavy (non-hydrogen) atoms. The van der Waals surface area contributed by atoms with E-state index in [-0.39, 0.29) is 18.1 Å². The zero-order valence-electron chi connectivity index (χ0n) is 14.4. The molecule has 134 valence electrons. The number of nitrogens with one attached hydrogen (secondary N) is 2. The van der Waals surface area contributed by atoms with Crippen molar-refractivity contribution in [2.45, 2.75) is 18.6 Å². The predicted molar refractivity (Wildman–Crippen MR) is 97.0 cm³/mol. The molecule has 0 radical (unpaired) electrons. The highest BCUT2D eigenvalue weighted by atomic mass is 16.5. The largest absolute Gasteiger partial charge is 0.380 e. The molecule has 8 heteroatoms. The summed E-state index contributed by atoms with van der Waals surface area (Å²) in [6.45, 7) is 1.25. The Morgan fingerprint density at radius 3 is 3.12 bits per heavy atom. The van der Waals surface area contributed by atoms with E-state index in [2.05, 4.69) is 30.2 Å². The number of pyridine rings is 1. The van der Waals surface area contributed by atoms with E-state index in [0.717, 1.165) is 24.2 Å². The number of hydrogen-bond acceptors (Lipinski definition) is 6. The molecule has 1 aliphatic heterocycles. The molecule has 4 rings (SSSR count). The molecule has 2 atom stereocenters. The zero-order chi connectivity index (χ0) is 17.9. The smallest absolute Gasteiger partial charge is 0.253 e. The van der Waals surface area contributed by atoms with Gasteiger partial charge in [-0.2, -0.15) is 0 Å². The lowest BCUT2D eigenvalue weighted by molar-refractivity contribution is 0.0948. The van der Waals surface area contributed by atoms with Gasteiger partial charge in [-0.15, -0.1) is 0 Å². The maximum absolute atomic E-state index is 12.6. The molecule has 3 aromatic heterocycles. The van der Waals surface area contributed by atoms with Crippen LogP contribution in [0.5, 0.6) is 0 Å². The number of nitrogens with zero attached hydrogens (tertiary/aromatic N) is 4. The highest BCUT2D eigenvalue weighted by molar-refractivity contribution is 6.05. The van der Waals surface area contributed by atoms with Gasteiger partial charge >= 0.3 is 0 Å². The minimum absolute atomic E-state index is 0.113. The van der Waals surface area contributed by atoms with E-state index < -0.39 is 0 Å². The topological polar surface area (TPSA) is 96.0 Å². The molecular formula is C18H20N6O2. The van der Waals surface area contributed by atoms with E-state index in [1.54, 1.807) is 25.7 Å². The highest BCUT2D eigenvalue weighted by Gasteiger charge is 2.33. The van der Waals surface area contributed by atoms with Gasteiger partial charge in [0.15, 0.2) is 0 Å². The molecule has 4 heterocycles. The molecule has 0 unspecified atom stereocenters. The van der Waals surface area contributed by atoms with E-state index in [1.807, 2.05) is 18.2 Å². The van der Waals surface area contributed by atoms with Crippen molar-refractivity contribution in [1.29, 1.82) is 0 Å². The van der Waals surface area contributed by atoms with Crippen LogP contribution < -0.4 is 10.2 Å². The van der Waals surface area contributed by atoms with Crippen LogP contribution in [0.3, 0.4) is 0 Å². The molecule has 0 aliphatic carbocycles. The third-order valence-electron chi connectivity index (χ3n) is 4.76. The van der Waals surface area contributed by atoms with Crippen LogP contribution in [-0.2, 0) is 4.74 Å². The number of methoxy groups -OCH3 is 1. The number of fused-ring (bicyclic) bond motifs is 1. The van der Waals surface area contributed by atoms with Gasteiger partial charge in [0.1, 0.15) is 17.8 Å². The van der Waals surface area contributed by atoms with Crippen molar-refractivity contribution in [2.75, 3.05) is 25.1 Å². The molecule has 1 aliphatic rings. The average molecular weight is 352 g/mol. The van der Waals surface area contributed by atoms with E-state index in [4.69, 9.17) is 4.74 Å². The fraction of sp³-hybridized carbons (Fsp3) is 0.333. The molecule has 0 saturated carbocycles. The normalized spacial score (nSPS) is 19.8. The fourth-order valence-corrected chi connectivity index (χ4v) is 3.42. The lowest BCUT2D eigenvalue weighted by atomic mass is 10.1. The van der Waals surface area contributed by atoms with Crippen molar-refractivity contribution in [1.82, 2.24) is 25.3 Å². The molecule has 2 N–H and O–H groups in total. The lowest BCUT2D eigenvalue weighted by Gasteiger charge is -2.25. The quantitative estimate of drug-likeness (QED) is 0.720. The number of ether oxygens (including phenoxy) is 1. The first-order valence-corrected chi connectivity index (χ1v) is 8.52. The second kappa shape index (κ2) is 7.09. The van der Waals surface area contributed by atoms with Crippen molar-refractivity contribution in [3.05, 3.63) is 48.7 Å². The van der Waals surface area contributed by atoms with Crippen LogP contribution in [0.15, 0.2) is 43.1 Å². The summed E-state index contributed by atoms with van der Waals surface area (Å²) in [4.78, 5) is 30.3. The van der Waals surface area contributed by atoms with Crippen molar-refractivity contribution >= 4 is 22.8 Å². The second-order valence-electron chi connectivity index (χ2n) is 6.28. The molecule has 0 aromatic carbocycles. The van der Waals surface area contributed by atoms with E-state index in [1.165, 1.54) is 6.33 Å². The van der Waals surface area contributed by atoms with Crippen LogP contribution in [0, 0.1) is 0 Å². The molecule has 1 saturated heterocycles. The predicted octanol–water partition coefficient (Wildman–Crippen LogP) is 1.38. The SMILES string of the molecule is CO[C@@H]1C[C@H](CNC(=O)c2c[nH]c3ncccc23)N(c2ccncn2)C1. The van der Waals surface area contributed by atoms with Crippen LogP contribution in [-0.4, -0.2) is 58.2 Å². The minimum atomic E-state index is -0.118. The summed E-state index contributed by atoms with van der Waals surface area (Å²) < 4.78 is 5.52. The van der Waals surface area contributed by atoms with Gasteiger partial charge in [-0.05, 0) is 24.6 Å². The minimum Gasteiger partial charge on any atom is -0.380 e. The first-order valence-electron chi connectivity index (χ1n) is 8.52. The summed E-state index contributed by atoms with van der Waals surface area (Å²) >= 11 is 0. The maximum Gasteiger partial charge on any atom is 0.253 e. The first kappa shape index (κ1) is 16.5. The standard InChI is InChI=1S/C18H20N6O2/c1-26-13-7-12(24(10-13)16-4-6-19-11-23-16)8-22-18(25)15-9-21-17-14(15)3-2-5-20-17/h2-6,9,11-13H,7-8,10H2,1H3,(H,20,21)(H,22,25)/t12-,13-/m1/s1. The monoisotopic (exact) mass is 352 g/mol. The Morgan fingerprint density at radius 1 is 1.38 bits per heavy atom. The van der Waals surface area contributed by atoms with Gasteiger partial charge in [0.2, 0.25) is 0 Å². The number of H-pyrrole nitrogens is 1. The number of carbonyl (C=O) groups is 1. The Labute approximate surface area is 150 Å². The van der Waals surface area contributed by atoms with Gasteiger partial charge in [-0.1, -0.05) is 0 Å². The van der Waals surface area contributed by atoms with Crippen molar-refractivity contribution in [3.8, 4) is 0 Å². The molecule has 1 fully saturated rings. The van der Waals surface area contributed by atoms with Crippen LogP contribution >= 0.6 is 0 Å². The molecular weight excluding hydrogens is 332 g/mol.